The summed E-state index contributed by atoms with van der Waals surface area (Å²) >= 11 is 0. The van der Waals surface area contributed by atoms with E-state index in [4.69, 9.17) is 4.52 Å². The Morgan fingerprint density at radius 2 is 1.97 bits per heavy atom. The highest BCUT2D eigenvalue weighted by molar-refractivity contribution is 6.35. The molecule has 0 spiro atoms. The van der Waals surface area contributed by atoms with E-state index in [1.165, 1.54) is 4.90 Å². The number of hydrogen-bond donors (Lipinski definition) is 1. The largest absolute Gasteiger partial charge is 0.359 e. The third kappa shape index (κ3) is 4.82. The summed E-state index contributed by atoms with van der Waals surface area (Å²) in [5.41, 5.74) is 1.37. The van der Waals surface area contributed by atoms with Gasteiger partial charge in [-0.15, -0.1) is 0 Å². The SMILES string of the molecule is CCCCN1CCN(C(C(=O)NCc2cc(C)no2)c2ccccc2)C(=O)C1=O. The molecular formula is C21H26N4O4. The van der Waals surface area contributed by atoms with Crippen LogP contribution >= 0.6 is 0 Å². The van der Waals surface area contributed by atoms with Crippen molar-refractivity contribution in [3.63, 3.8) is 0 Å². The van der Waals surface area contributed by atoms with Crippen LogP contribution in [0.1, 0.15) is 42.8 Å². The van der Waals surface area contributed by atoms with Crippen LogP contribution in [0.3, 0.4) is 0 Å². The number of carbonyl (C=O) groups excluding carboxylic acids is 3. The molecule has 1 aliphatic rings. The summed E-state index contributed by atoms with van der Waals surface area (Å²) in [7, 11) is 0. The van der Waals surface area contributed by atoms with Gasteiger partial charge < -0.3 is 19.6 Å². The van der Waals surface area contributed by atoms with E-state index in [9.17, 15) is 14.4 Å². The van der Waals surface area contributed by atoms with Gasteiger partial charge in [0.2, 0.25) is 5.91 Å². The molecule has 0 radical (unpaired) electrons. The molecule has 1 N–H and O–H groups in total. The molecule has 1 atom stereocenters. The van der Waals surface area contributed by atoms with Crippen molar-refractivity contribution in [3.05, 3.63) is 53.4 Å². The van der Waals surface area contributed by atoms with Gasteiger partial charge in [-0.05, 0) is 18.9 Å². The first-order chi connectivity index (χ1) is 14.0. The van der Waals surface area contributed by atoms with Crippen molar-refractivity contribution in [3.8, 4) is 0 Å². The zero-order chi connectivity index (χ0) is 20.8. The third-order valence-electron chi connectivity index (χ3n) is 4.91. The molecular weight excluding hydrogens is 372 g/mol. The van der Waals surface area contributed by atoms with Crippen LogP contribution in [-0.4, -0.2) is 52.3 Å². The molecule has 29 heavy (non-hydrogen) atoms. The Morgan fingerprint density at radius 3 is 2.62 bits per heavy atom. The smallest absolute Gasteiger partial charge is 0.313 e. The number of aromatic nitrogens is 1. The molecule has 1 aliphatic heterocycles. The highest BCUT2D eigenvalue weighted by Gasteiger charge is 2.39. The third-order valence-corrected chi connectivity index (χ3v) is 4.91. The first-order valence-electron chi connectivity index (χ1n) is 9.86. The Balaban J connectivity index is 1.78. The number of amides is 3. The minimum Gasteiger partial charge on any atom is -0.359 e. The summed E-state index contributed by atoms with van der Waals surface area (Å²) in [4.78, 5) is 41.4. The zero-order valence-corrected chi connectivity index (χ0v) is 16.8. The number of aryl methyl sites for hydroxylation is 1. The van der Waals surface area contributed by atoms with Crippen LogP contribution in [0.4, 0.5) is 0 Å². The van der Waals surface area contributed by atoms with Gasteiger partial charge in [-0.25, -0.2) is 0 Å². The predicted molar refractivity (Wildman–Crippen MR) is 105 cm³/mol. The molecule has 1 saturated heterocycles. The van der Waals surface area contributed by atoms with Gasteiger partial charge in [-0.2, -0.15) is 0 Å². The number of benzene rings is 1. The van der Waals surface area contributed by atoms with Gasteiger partial charge in [-0.3, -0.25) is 14.4 Å². The van der Waals surface area contributed by atoms with E-state index in [0.29, 0.717) is 31.0 Å². The molecule has 1 aromatic carbocycles. The first kappa shape index (κ1) is 20.6. The van der Waals surface area contributed by atoms with E-state index in [0.717, 1.165) is 18.5 Å². The summed E-state index contributed by atoms with van der Waals surface area (Å²) in [5.74, 6) is -1.04. The minimum absolute atomic E-state index is 0.154. The van der Waals surface area contributed by atoms with Gasteiger partial charge in [0.05, 0.1) is 12.2 Å². The summed E-state index contributed by atoms with van der Waals surface area (Å²) in [6, 6.07) is 9.86. The van der Waals surface area contributed by atoms with E-state index >= 15 is 0 Å². The monoisotopic (exact) mass is 398 g/mol. The summed E-state index contributed by atoms with van der Waals surface area (Å²) in [6.07, 6.45) is 1.79. The van der Waals surface area contributed by atoms with Crippen LogP contribution in [0.5, 0.6) is 0 Å². The average molecular weight is 398 g/mol. The number of rotatable bonds is 8. The summed E-state index contributed by atoms with van der Waals surface area (Å²) < 4.78 is 5.13. The Labute approximate surface area is 169 Å². The molecule has 8 nitrogen and oxygen atoms in total. The van der Waals surface area contributed by atoms with E-state index in [1.807, 2.05) is 13.0 Å². The number of carbonyl (C=O) groups is 3. The first-order valence-corrected chi connectivity index (χ1v) is 9.86. The number of unbranched alkanes of at least 4 members (excludes halogenated alkanes) is 1. The molecule has 0 aliphatic carbocycles. The van der Waals surface area contributed by atoms with Crippen molar-refractivity contribution in [2.24, 2.45) is 0 Å². The maximum atomic E-state index is 13.0. The van der Waals surface area contributed by atoms with Crippen LogP contribution in [0.15, 0.2) is 40.9 Å². The van der Waals surface area contributed by atoms with E-state index in [2.05, 4.69) is 10.5 Å². The molecule has 0 saturated carbocycles. The van der Waals surface area contributed by atoms with Crippen LogP contribution in [-0.2, 0) is 20.9 Å². The van der Waals surface area contributed by atoms with Gasteiger partial charge in [0.15, 0.2) is 5.76 Å². The molecule has 3 rings (SSSR count). The number of piperazine rings is 1. The normalized spacial score (nSPS) is 15.5. The number of hydrogen-bond acceptors (Lipinski definition) is 5. The molecule has 1 unspecified atom stereocenters. The molecule has 154 valence electrons. The predicted octanol–water partition coefficient (Wildman–Crippen LogP) is 1.81. The fraction of sp³-hybridized carbons (Fsp3) is 0.429. The lowest BCUT2D eigenvalue weighted by atomic mass is 10.0. The van der Waals surface area contributed by atoms with Gasteiger partial charge in [0.1, 0.15) is 6.04 Å². The Hall–Kier alpha value is -3.16. The summed E-state index contributed by atoms with van der Waals surface area (Å²) in [6.45, 7) is 5.27. The van der Waals surface area contributed by atoms with E-state index in [-0.39, 0.29) is 12.5 Å². The minimum atomic E-state index is -0.884. The molecule has 2 heterocycles. The van der Waals surface area contributed by atoms with Crippen molar-refractivity contribution in [1.82, 2.24) is 20.3 Å². The lowest BCUT2D eigenvalue weighted by molar-refractivity contribution is -0.159. The molecule has 1 fully saturated rings. The topological polar surface area (TPSA) is 95.8 Å². The zero-order valence-electron chi connectivity index (χ0n) is 16.8. The van der Waals surface area contributed by atoms with Crippen molar-refractivity contribution in [1.29, 1.82) is 0 Å². The van der Waals surface area contributed by atoms with Crippen LogP contribution in [0.25, 0.3) is 0 Å². The second-order valence-corrected chi connectivity index (χ2v) is 7.11. The lowest BCUT2D eigenvalue weighted by Gasteiger charge is -2.38. The number of nitrogens with zero attached hydrogens (tertiary/aromatic N) is 3. The maximum Gasteiger partial charge on any atom is 0.313 e. The second kappa shape index (κ2) is 9.36. The van der Waals surface area contributed by atoms with Gasteiger partial charge in [0, 0.05) is 25.7 Å². The highest BCUT2D eigenvalue weighted by Crippen LogP contribution is 2.24. The fourth-order valence-corrected chi connectivity index (χ4v) is 3.38. The highest BCUT2D eigenvalue weighted by atomic mass is 16.5. The molecule has 8 heteroatoms. The maximum absolute atomic E-state index is 13.0. The Kier molecular flexibility index (Phi) is 6.64. The van der Waals surface area contributed by atoms with Gasteiger partial charge in [0.25, 0.3) is 0 Å². The molecule has 3 amide bonds. The van der Waals surface area contributed by atoms with Crippen molar-refractivity contribution in [2.75, 3.05) is 19.6 Å². The van der Waals surface area contributed by atoms with Crippen molar-refractivity contribution < 1.29 is 18.9 Å². The van der Waals surface area contributed by atoms with Gasteiger partial charge in [-0.1, -0.05) is 48.8 Å². The second-order valence-electron chi connectivity index (χ2n) is 7.11. The quantitative estimate of drug-likeness (QED) is 0.684. The number of nitrogens with one attached hydrogen (secondary N) is 1. The average Bonchev–Trinajstić information content (AvgIpc) is 3.15. The van der Waals surface area contributed by atoms with Crippen molar-refractivity contribution >= 4 is 17.7 Å². The van der Waals surface area contributed by atoms with Crippen LogP contribution < -0.4 is 5.32 Å². The standard InChI is InChI=1S/C21H26N4O4/c1-3-4-10-24-11-12-25(21(28)20(24)27)18(16-8-6-5-7-9-16)19(26)22-14-17-13-15(2)23-29-17/h5-9,13,18H,3-4,10-12,14H2,1-2H3,(H,22,26). The summed E-state index contributed by atoms with van der Waals surface area (Å²) in [5, 5.41) is 6.60. The lowest BCUT2D eigenvalue weighted by Crippen LogP contribution is -2.57. The molecule has 0 bridgehead atoms. The van der Waals surface area contributed by atoms with E-state index < -0.39 is 17.9 Å². The van der Waals surface area contributed by atoms with Crippen molar-refractivity contribution in [2.45, 2.75) is 39.3 Å². The van der Waals surface area contributed by atoms with Gasteiger partial charge >= 0.3 is 11.8 Å². The van der Waals surface area contributed by atoms with E-state index in [1.54, 1.807) is 42.2 Å². The fourth-order valence-electron chi connectivity index (χ4n) is 3.38. The molecule has 1 aromatic heterocycles. The van der Waals surface area contributed by atoms with Crippen LogP contribution in [0, 0.1) is 6.92 Å². The Bertz CT molecular complexity index is 865. The van der Waals surface area contributed by atoms with Crippen LogP contribution in [0.2, 0.25) is 0 Å². The molecule has 2 aromatic rings. The Morgan fingerprint density at radius 1 is 1.21 bits per heavy atom.